The van der Waals surface area contributed by atoms with E-state index in [-0.39, 0.29) is 11.3 Å². The lowest BCUT2D eigenvalue weighted by molar-refractivity contribution is 0.0600. The molecule has 1 aliphatic heterocycles. The van der Waals surface area contributed by atoms with Crippen molar-refractivity contribution in [3.8, 4) is 17.2 Å². The molecular weight excluding hydrogens is 322 g/mol. The molecule has 6 heteroatoms. The van der Waals surface area contributed by atoms with Crippen molar-refractivity contribution in [2.75, 3.05) is 21.3 Å². The van der Waals surface area contributed by atoms with E-state index in [1.807, 2.05) is 18.2 Å². The topological polar surface area (TPSA) is 66.8 Å². The van der Waals surface area contributed by atoms with Crippen molar-refractivity contribution in [2.24, 2.45) is 0 Å². The number of carbonyl (C=O) groups excluding carboxylic acids is 2. The number of ketones is 1. The van der Waals surface area contributed by atoms with Gasteiger partial charge < -0.3 is 18.8 Å². The van der Waals surface area contributed by atoms with Crippen LogP contribution in [0.3, 0.4) is 0 Å². The normalized spacial score (nSPS) is 12.0. The summed E-state index contributed by atoms with van der Waals surface area (Å²) in [6.07, 6.45) is 0. The Balaban J connectivity index is 2.12. The Labute approximate surface area is 143 Å². The Morgan fingerprint density at radius 2 is 1.68 bits per heavy atom. The summed E-state index contributed by atoms with van der Waals surface area (Å²) in [5.41, 5.74) is 2.46. The van der Waals surface area contributed by atoms with Crippen molar-refractivity contribution in [3.63, 3.8) is 0 Å². The molecule has 4 rings (SSSR count). The van der Waals surface area contributed by atoms with E-state index in [4.69, 9.17) is 14.2 Å². The number of ether oxygens (including phenoxy) is 3. The summed E-state index contributed by atoms with van der Waals surface area (Å²) in [7, 11) is 4.36. The van der Waals surface area contributed by atoms with Crippen molar-refractivity contribution in [1.82, 2.24) is 4.57 Å². The SMILES string of the molecule is COC(=O)c1c2n(c3ccccc13)-c1cc(OC)c(OC)cc1C2=O. The van der Waals surface area contributed by atoms with Crippen molar-refractivity contribution in [2.45, 2.75) is 0 Å². The summed E-state index contributed by atoms with van der Waals surface area (Å²) in [6.45, 7) is 0. The average molecular weight is 337 g/mol. The van der Waals surface area contributed by atoms with Crippen LogP contribution >= 0.6 is 0 Å². The van der Waals surface area contributed by atoms with E-state index in [1.165, 1.54) is 21.3 Å². The predicted molar refractivity (Wildman–Crippen MR) is 91.2 cm³/mol. The summed E-state index contributed by atoms with van der Waals surface area (Å²) in [5, 5.41) is 0.679. The Morgan fingerprint density at radius 1 is 1.00 bits per heavy atom. The van der Waals surface area contributed by atoms with Crippen LogP contribution in [0.4, 0.5) is 0 Å². The van der Waals surface area contributed by atoms with Gasteiger partial charge in [0.2, 0.25) is 5.78 Å². The highest BCUT2D eigenvalue weighted by molar-refractivity contribution is 6.24. The lowest BCUT2D eigenvalue weighted by Gasteiger charge is -2.11. The van der Waals surface area contributed by atoms with Gasteiger partial charge in [-0.3, -0.25) is 4.79 Å². The largest absolute Gasteiger partial charge is 0.493 e. The number of hydrogen-bond donors (Lipinski definition) is 0. The zero-order valence-electron chi connectivity index (χ0n) is 14.0. The Bertz CT molecular complexity index is 1050. The quantitative estimate of drug-likeness (QED) is 0.538. The maximum atomic E-state index is 13.0. The standard InChI is InChI=1S/C19H15NO5/c1-23-14-8-11-13(9-15(14)24-2)20-12-7-5-4-6-10(12)16(19(22)25-3)17(20)18(11)21/h4-9H,1-3H3. The first-order chi connectivity index (χ1) is 12.1. The lowest BCUT2D eigenvalue weighted by Crippen LogP contribution is -2.08. The number of methoxy groups -OCH3 is 3. The molecule has 0 unspecified atom stereocenters. The van der Waals surface area contributed by atoms with Crippen molar-refractivity contribution in [3.05, 3.63) is 53.2 Å². The van der Waals surface area contributed by atoms with Crippen LogP contribution in [0.25, 0.3) is 16.6 Å². The number of fused-ring (bicyclic) bond motifs is 5. The van der Waals surface area contributed by atoms with E-state index in [9.17, 15) is 9.59 Å². The van der Waals surface area contributed by atoms with Gasteiger partial charge in [0.25, 0.3) is 0 Å². The molecule has 0 fully saturated rings. The van der Waals surface area contributed by atoms with Gasteiger partial charge in [-0.25, -0.2) is 4.79 Å². The highest BCUT2D eigenvalue weighted by Gasteiger charge is 2.36. The molecule has 3 aromatic rings. The lowest BCUT2D eigenvalue weighted by atomic mass is 10.0. The average Bonchev–Trinajstić information content (AvgIpc) is 3.13. The van der Waals surface area contributed by atoms with Gasteiger partial charge in [-0.1, -0.05) is 18.2 Å². The summed E-state index contributed by atoms with van der Waals surface area (Å²) in [6, 6.07) is 10.7. The molecule has 0 radical (unpaired) electrons. The number of para-hydroxylation sites is 1. The van der Waals surface area contributed by atoms with Gasteiger partial charge in [-0.05, 0) is 12.1 Å². The summed E-state index contributed by atoms with van der Waals surface area (Å²) in [4.78, 5) is 25.4. The highest BCUT2D eigenvalue weighted by atomic mass is 16.5. The Hall–Kier alpha value is -3.28. The fraction of sp³-hybridized carbons (Fsp3) is 0.158. The number of rotatable bonds is 3. The third-order valence-corrected chi connectivity index (χ3v) is 4.47. The minimum absolute atomic E-state index is 0.243. The number of esters is 1. The minimum atomic E-state index is -0.537. The van der Waals surface area contributed by atoms with Crippen molar-refractivity contribution >= 4 is 22.7 Å². The van der Waals surface area contributed by atoms with Gasteiger partial charge in [-0.15, -0.1) is 0 Å². The van der Waals surface area contributed by atoms with Crippen LogP contribution in [0.1, 0.15) is 26.4 Å². The molecule has 1 aromatic heterocycles. The van der Waals surface area contributed by atoms with Crippen molar-refractivity contribution in [1.29, 1.82) is 0 Å². The molecule has 0 amide bonds. The Morgan fingerprint density at radius 3 is 2.36 bits per heavy atom. The molecule has 2 aromatic carbocycles. The van der Waals surface area contributed by atoms with Crippen LogP contribution < -0.4 is 9.47 Å². The minimum Gasteiger partial charge on any atom is -0.493 e. The molecule has 6 nitrogen and oxygen atoms in total. The third-order valence-electron chi connectivity index (χ3n) is 4.47. The molecule has 0 N–H and O–H groups in total. The van der Waals surface area contributed by atoms with E-state index in [1.54, 1.807) is 22.8 Å². The monoisotopic (exact) mass is 337 g/mol. The van der Waals surface area contributed by atoms with Crippen molar-refractivity contribution < 1.29 is 23.8 Å². The number of hydrogen-bond acceptors (Lipinski definition) is 5. The van der Waals surface area contributed by atoms with Crippen LogP contribution in [0, 0.1) is 0 Å². The molecule has 0 saturated heterocycles. The second kappa shape index (κ2) is 5.37. The second-order valence-electron chi connectivity index (χ2n) is 5.62. The first-order valence-corrected chi connectivity index (χ1v) is 7.65. The fourth-order valence-corrected chi connectivity index (χ4v) is 3.38. The maximum absolute atomic E-state index is 13.0. The van der Waals surface area contributed by atoms with E-state index >= 15 is 0 Å². The molecule has 1 aliphatic rings. The molecule has 0 spiro atoms. The third kappa shape index (κ3) is 1.91. The van der Waals surface area contributed by atoms with Gasteiger partial charge in [0.05, 0.1) is 43.7 Å². The van der Waals surface area contributed by atoms with Crippen LogP contribution in [-0.2, 0) is 4.74 Å². The zero-order chi connectivity index (χ0) is 17.7. The zero-order valence-corrected chi connectivity index (χ0v) is 14.0. The molecular formula is C19H15NO5. The Kier molecular flexibility index (Phi) is 3.28. The van der Waals surface area contributed by atoms with E-state index < -0.39 is 5.97 Å². The molecule has 25 heavy (non-hydrogen) atoms. The molecule has 0 saturated carbocycles. The smallest absolute Gasteiger partial charge is 0.340 e. The number of aromatic nitrogens is 1. The maximum Gasteiger partial charge on any atom is 0.340 e. The first kappa shape index (κ1) is 15.3. The van der Waals surface area contributed by atoms with Crippen LogP contribution in [0.5, 0.6) is 11.5 Å². The molecule has 126 valence electrons. The number of carbonyl (C=O) groups is 2. The molecule has 0 bridgehead atoms. The van der Waals surface area contributed by atoms with Gasteiger partial charge in [0, 0.05) is 11.5 Å². The molecule has 2 heterocycles. The predicted octanol–water partition coefficient (Wildman–Crippen LogP) is 2.98. The van der Waals surface area contributed by atoms with Crippen LogP contribution in [0.15, 0.2) is 36.4 Å². The molecule has 0 aliphatic carbocycles. The second-order valence-corrected chi connectivity index (χ2v) is 5.62. The summed E-state index contributed by atoms with van der Waals surface area (Å²) >= 11 is 0. The molecule has 0 atom stereocenters. The first-order valence-electron chi connectivity index (χ1n) is 7.65. The highest BCUT2D eigenvalue weighted by Crippen LogP contribution is 2.42. The van der Waals surface area contributed by atoms with E-state index in [0.717, 1.165) is 5.52 Å². The van der Waals surface area contributed by atoms with Gasteiger partial charge in [-0.2, -0.15) is 0 Å². The number of benzene rings is 2. The van der Waals surface area contributed by atoms with Crippen LogP contribution in [0.2, 0.25) is 0 Å². The van der Waals surface area contributed by atoms with E-state index in [0.29, 0.717) is 33.8 Å². The van der Waals surface area contributed by atoms with E-state index in [2.05, 4.69) is 0 Å². The summed E-state index contributed by atoms with van der Waals surface area (Å²) in [5.74, 6) is 0.196. The van der Waals surface area contributed by atoms with Gasteiger partial charge in [0.1, 0.15) is 5.69 Å². The number of nitrogens with zero attached hydrogens (tertiary/aromatic N) is 1. The van der Waals surface area contributed by atoms with Gasteiger partial charge >= 0.3 is 5.97 Å². The fourth-order valence-electron chi connectivity index (χ4n) is 3.38. The van der Waals surface area contributed by atoms with Crippen LogP contribution in [-0.4, -0.2) is 37.6 Å². The van der Waals surface area contributed by atoms with Gasteiger partial charge in [0.15, 0.2) is 11.5 Å². The summed E-state index contributed by atoms with van der Waals surface area (Å²) < 4.78 is 17.3.